The Kier molecular flexibility index (Phi) is 6.44. The third-order valence-corrected chi connectivity index (χ3v) is 6.67. The summed E-state index contributed by atoms with van der Waals surface area (Å²) in [5, 5.41) is 4.10. The Hall–Kier alpha value is -1.89. The van der Waals surface area contributed by atoms with Crippen molar-refractivity contribution < 1.29 is 22.8 Å². The zero-order valence-corrected chi connectivity index (χ0v) is 16.6. The number of benzene rings is 1. The molecule has 2 atom stereocenters. The highest BCUT2D eigenvalue weighted by atomic mass is 32.2. The van der Waals surface area contributed by atoms with Gasteiger partial charge in [0.25, 0.3) is 0 Å². The first kappa shape index (κ1) is 20.4. The highest BCUT2D eigenvalue weighted by molar-refractivity contribution is 7.92. The molecule has 2 rings (SSSR count). The van der Waals surface area contributed by atoms with Gasteiger partial charge in [0.15, 0.2) is 14.6 Å². The summed E-state index contributed by atoms with van der Waals surface area (Å²) < 4.78 is 27.8. The SMILES string of the molecule is CCCc1ccc(C2=NO[C@@H](C[C@](C)(C(=O)OCC)S(C)(=O)=O)C2)cc1. The molecule has 1 aliphatic rings. The van der Waals surface area contributed by atoms with Gasteiger partial charge in [0.05, 0.1) is 12.3 Å². The number of hydrogen-bond acceptors (Lipinski definition) is 6. The van der Waals surface area contributed by atoms with E-state index < -0.39 is 26.7 Å². The number of carbonyl (C=O) groups is 1. The average Bonchev–Trinajstić information content (AvgIpc) is 3.03. The largest absolute Gasteiger partial charge is 0.465 e. The van der Waals surface area contributed by atoms with E-state index in [9.17, 15) is 13.2 Å². The molecule has 1 aromatic rings. The lowest BCUT2D eigenvalue weighted by Crippen LogP contribution is -2.47. The lowest BCUT2D eigenvalue weighted by molar-refractivity contribution is -0.146. The first-order valence-electron chi connectivity index (χ1n) is 8.90. The molecule has 0 spiro atoms. The number of sulfone groups is 1. The van der Waals surface area contributed by atoms with Crippen molar-refractivity contribution >= 4 is 21.5 Å². The second-order valence-corrected chi connectivity index (χ2v) is 9.29. The zero-order chi connectivity index (χ0) is 19.4. The molecule has 0 unspecified atom stereocenters. The zero-order valence-electron chi connectivity index (χ0n) is 15.8. The van der Waals surface area contributed by atoms with Gasteiger partial charge in [-0.1, -0.05) is 42.8 Å². The second-order valence-electron chi connectivity index (χ2n) is 6.84. The van der Waals surface area contributed by atoms with Gasteiger partial charge >= 0.3 is 5.97 Å². The molecule has 0 aromatic heterocycles. The molecule has 0 amide bonds. The fraction of sp³-hybridized carbons (Fsp3) is 0.579. The molecular formula is C19H27NO5S. The minimum atomic E-state index is -3.67. The number of carbonyl (C=O) groups excluding carboxylic acids is 1. The van der Waals surface area contributed by atoms with Crippen LogP contribution in [0.5, 0.6) is 0 Å². The highest BCUT2D eigenvalue weighted by Crippen LogP contribution is 2.30. The van der Waals surface area contributed by atoms with Crippen molar-refractivity contribution in [3.05, 3.63) is 35.4 Å². The van der Waals surface area contributed by atoms with E-state index in [-0.39, 0.29) is 13.0 Å². The average molecular weight is 381 g/mol. The molecule has 1 aromatic carbocycles. The van der Waals surface area contributed by atoms with Gasteiger partial charge in [0, 0.05) is 19.1 Å². The number of ether oxygens (including phenoxy) is 1. The monoisotopic (exact) mass is 381 g/mol. The summed E-state index contributed by atoms with van der Waals surface area (Å²) in [6, 6.07) is 8.12. The second kappa shape index (κ2) is 8.20. The summed E-state index contributed by atoms with van der Waals surface area (Å²) in [6.07, 6.45) is 3.14. The maximum absolute atomic E-state index is 12.3. The normalized spacial score (nSPS) is 19.4. The lowest BCUT2D eigenvalue weighted by Gasteiger charge is -2.27. The Balaban J connectivity index is 2.09. The Morgan fingerprint density at radius 3 is 2.50 bits per heavy atom. The van der Waals surface area contributed by atoms with E-state index in [1.807, 2.05) is 12.1 Å². The number of rotatable bonds is 8. The third-order valence-electron chi connectivity index (χ3n) is 4.70. The summed E-state index contributed by atoms with van der Waals surface area (Å²) in [7, 11) is -3.67. The van der Waals surface area contributed by atoms with Gasteiger partial charge in [-0.25, -0.2) is 8.42 Å². The van der Waals surface area contributed by atoms with Gasteiger partial charge in [-0.2, -0.15) is 0 Å². The molecule has 144 valence electrons. The molecule has 0 fully saturated rings. The van der Waals surface area contributed by atoms with Crippen LogP contribution in [-0.2, 0) is 30.6 Å². The van der Waals surface area contributed by atoms with Gasteiger partial charge < -0.3 is 9.57 Å². The van der Waals surface area contributed by atoms with E-state index in [1.54, 1.807) is 6.92 Å². The van der Waals surface area contributed by atoms with E-state index >= 15 is 0 Å². The van der Waals surface area contributed by atoms with Crippen LogP contribution < -0.4 is 0 Å². The van der Waals surface area contributed by atoms with Gasteiger partial charge in [0.1, 0.15) is 6.10 Å². The van der Waals surface area contributed by atoms with E-state index in [0.717, 1.165) is 30.4 Å². The maximum Gasteiger partial charge on any atom is 0.327 e. The molecule has 1 heterocycles. The molecule has 0 N–H and O–H groups in total. The Bertz CT molecular complexity index is 770. The van der Waals surface area contributed by atoms with Crippen LogP contribution in [0.2, 0.25) is 0 Å². The van der Waals surface area contributed by atoms with Crippen molar-refractivity contribution in [3.63, 3.8) is 0 Å². The van der Waals surface area contributed by atoms with Crippen molar-refractivity contribution in [3.8, 4) is 0 Å². The van der Waals surface area contributed by atoms with Crippen molar-refractivity contribution in [2.45, 2.75) is 57.3 Å². The van der Waals surface area contributed by atoms with Crippen LogP contribution in [0.4, 0.5) is 0 Å². The first-order valence-corrected chi connectivity index (χ1v) is 10.8. The van der Waals surface area contributed by atoms with Crippen molar-refractivity contribution in [2.75, 3.05) is 12.9 Å². The minimum Gasteiger partial charge on any atom is -0.465 e. The predicted molar refractivity (Wildman–Crippen MR) is 101 cm³/mol. The van der Waals surface area contributed by atoms with Gasteiger partial charge in [-0.15, -0.1) is 0 Å². The number of aryl methyl sites for hydroxylation is 1. The van der Waals surface area contributed by atoms with Crippen molar-refractivity contribution in [1.82, 2.24) is 0 Å². The maximum atomic E-state index is 12.3. The van der Waals surface area contributed by atoms with Gasteiger partial charge in [-0.3, -0.25) is 4.79 Å². The smallest absolute Gasteiger partial charge is 0.327 e. The van der Waals surface area contributed by atoms with Gasteiger partial charge in [-0.05, 0) is 31.4 Å². The predicted octanol–water partition coefficient (Wildman–Crippen LogP) is 2.89. The molecule has 7 heteroatoms. The van der Waals surface area contributed by atoms with Crippen LogP contribution in [-0.4, -0.2) is 43.8 Å². The van der Waals surface area contributed by atoms with E-state index in [0.29, 0.717) is 6.42 Å². The quantitative estimate of drug-likeness (QED) is 0.647. The Labute approximate surface area is 155 Å². The summed E-state index contributed by atoms with van der Waals surface area (Å²) in [4.78, 5) is 17.7. The fourth-order valence-electron chi connectivity index (χ4n) is 2.97. The number of hydrogen-bond donors (Lipinski definition) is 0. The minimum absolute atomic E-state index is 0.00554. The summed E-state index contributed by atoms with van der Waals surface area (Å²) in [5.74, 6) is -0.747. The van der Waals surface area contributed by atoms with Crippen LogP contribution in [0, 0.1) is 0 Å². The summed E-state index contributed by atoms with van der Waals surface area (Å²) in [5.41, 5.74) is 2.97. The Morgan fingerprint density at radius 1 is 1.31 bits per heavy atom. The fourth-order valence-corrected chi connectivity index (χ4v) is 3.82. The summed E-state index contributed by atoms with van der Waals surface area (Å²) >= 11 is 0. The molecule has 0 saturated heterocycles. The number of nitrogens with zero attached hydrogens (tertiary/aromatic N) is 1. The van der Waals surface area contributed by atoms with Crippen LogP contribution in [0.3, 0.4) is 0 Å². The van der Waals surface area contributed by atoms with Crippen LogP contribution in [0.25, 0.3) is 0 Å². The molecule has 0 radical (unpaired) electrons. The molecule has 0 saturated carbocycles. The molecule has 26 heavy (non-hydrogen) atoms. The number of oxime groups is 1. The van der Waals surface area contributed by atoms with Crippen LogP contribution >= 0.6 is 0 Å². The van der Waals surface area contributed by atoms with Crippen LogP contribution in [0.1, 0.15) is 51.2 Å². The first-order chi connectivity index (χ1) is 12.2. The van der Waals surface area contributed by atoms with Crippen molar-refractivity contribution in [1.29, 1.82) is 0 Å². The molecule has 6 nitrogen and oxygen atoms in total. The molecule has 0 bridgehead atoms. The third kappa shape index (κ3) is 4.44. The molecule has 0 aliphatic carbocycles. The summed E-state index contributed by atoms with van der Waals surface area (Å²) in [6.45, 7) is 5.30. The van der Waals surface area contributed by atoms with Crippen LogP contribution in [0.15, 0.2) is 29.4 Å². The van der Waals surface area contributed by atoms with Crippen molar-refractivity contribution in [2.24, 2.45) is 5.16 Å². The molecular weight excluding hydrogens is 354 g/mol. The topological polar surface area (TPSA) is 82.0 Å². The Morgan fingerprint density at radius 2 is 1.96 bits per heavy atom. The van der Waals surface area contributed by atoms with Gasteiger partial charge in [0.2, 0.25) is 0 Å². The standard InChI is InChI=1S/C19H27NO5S/c1-5-7-14-8-10-15(11-9-14)17-12-16(25-20-17)13-19(3,26(4,22)23)18(21)24-6-2/h8-11,16H,5-7,12-13H2,1-4H3/t16-,19-/m1/s1. The lowest BCUT2D eigenvalue weighted by atomic mass is 9.96. The highest BCUT2D eigenvalue weighted by Gasteiger charge is 2.48. The molecule has 1 aliphatic heterocycles. The van der Waals surface area contributed by atoms with E-state index in [2.05, 4.69) is 24.2 Å². The van der Waals surface area contributed by atoms with E-state index in [1.165, 1.54) is 12.5 Å². The number of esters is 1. The van der Waals surface area contributed by atoms with E-state index in [4.69, 9.17) is 9.57 Å².